The van der Waals surface area contributed by atoms with Gasteiger partial charge in [0.25, 0.3) is 5.91 Å². The van der Waals surface area contributed by atoms with Crippen molar-refractivity contribution in [3.63, 3.8) is 0 Å². The number of carbonyl (C=O) groups excluding carboxylic acids is 2. The zero-order valence-corrected chi connectivity index (χ0v) is 10.7. The SMILES string of the molecule is CC(=O)c1[nH]c(C)c(C(=O)N2CC(C#N)C2)c1C. The van der Waals surface area contributed by atoms with Gasteiger partial charge in [0.05, 0.1) is 23.2 Å². The first-order valence-electron chi connectivity index (χ1n) is 5.84. The second-order valence-corrected chi connectivity index (χ2v) is 4.72. The Kier molecular flexibility index (Phi) is 2.95. The van der Waals surface area contributed by atoms with Crippen LogP contribution in [0.3, 0.4) is 0 Å². The molecule has 1 aliphatic rings. The maximum atomic E-state index is 12.3. The van der Waals surface area contributed by atoms with E-state index in [9.17, 15) is 9.59 Å². The molecule has 1 N–H and O–H groups in total. The van der Waals surface area contributed by atoms with E-state index in [1.54, 1.807) is 18.7 Å². The van der Waals surface area contributed by atoms with Crippen LogP contribution in [0, 0.1) is 31.1 Å². The van der Waals surface area contributed by atoms with Gasteiger partial charge in [-0.1, -0.05) is 0 Å². The highest BCUT2D eigenvalue weighted by Crippen LogP contribution is 2.24. The summed E-state index contributed by atoms with van der Waals surface area (Å²) in [6.45, 7) is 5.99. The molecule has 94 valence electrons. The second kappa shape index (κ2) is 4.30. The van der Waals surface area contributed by atoms with Gasteiger partial charge in [-0.25, -0.2) is 0 Å². The van der Waals surface area contributed by atoms with Gasteiger partial charge in [0.2, 0.25) is 0 Å². The highest BCUT2D eigenvalue weighted by Gasteiger charge is 2.33. The largest absolute Gasteiger partial charge is 0.355 e. The normalized spacial score (nSPS) is 15.1. The van der Waals surface area contributed by atoms with Gasteiger partial charge in [-0.2, -0.15) is 5.26 Å². The molecule has 0 radical (unpaired) electrons. The van der Waals surface area contributed by atoms with Gasteiger partial charge in [0.1, 0.15) is 0 Å². The number of hydrogen-bond acceptors (Lipinski definition) is 3. The van der Waals surface area contributed by atoms with Gasteiger partial charge in [-0.05, 0) is 19.4 Å². The van der Waals surface area contributed by atoms with Gasteiger partial charge in [-0.15, -0.1) is 0 Å². The molecule has 1 aromatic rings. The molecule has 0 aromatic carbocycles. The van der Waals surface area contributed by atoms with Gasteiger partial charge < -0.3 is 9.88 Å². The third-order valence-electron chi connectivity index (χ3n) is 3.35. The molecule has 18 heavy (non-hydrogen) atoms. The van der Waals surface area contributed by atoms with Crippen molar-refractivity contribution in [2.45, 2.75) is 20.8 Å². The van der Waals surface area contributed by atoms with Crippen LogP contribution in [0.15, 0.2) is 0 Å². The topological polar surface area (TPSA) is 77.0 Å². The minimum Gasteiger partial charge on any atom is -0.355 e. The Bertz CT molecular complexity index is 560. The number of nitrogens with zero attached hydrogens (tertiary/aromatic N) is 2. The van der Waals surface area contributed by atoms with E-state index >= 15 is 0 Å². The van der Waals surface area contributed by atoms with Crippen molar-refractivity contribution >= 4 is 11.7 Å². The van der Waals surface area contributed by atoms with Crippen molar-refractivity contribution in [2.24, 2.45) is 5.92 Å². The standard InChI is InChI=1S/C13H15N3O2/c1-7-11(8(2)15-12(7)9(3)17)13(18)16-5-10(4-14)6-16/h10,15H,5-6H2,1-3H3. The quantitative estimate of drug-likeness (QED) is 0.801. The summed E-state index contributed by atoms with van der Waals surface area (Å²) in [5.41, 5.74) is 2.47. The van der Waals surface area contributed by atoms with Crippen LogP contribution in [0.5, 0.6) is 0 Å². The molecule has 5 nitrogen and oxygen atoms in total. The van der Waals surface area contributed by atoms with E-state index in [4.69, 9.17) is 5.26 Å². The molecular weight excluding hydrogens is 230 g/mol. The van der Waals surface area contributed by atoms with E-state index in [0.717, 1.165) is 0 Å². The van der Waals surface area contributed by atoms with Crippen molar-refractivity contribution in [3.8, 4) is 6.07 Å². The van der Waals surface area contributed by atoms with E-state index in [1.807, 2.05) is 0 Å². The maximum Gasteiger partial charge on any atom is 0.256 e. The summed E-state index contributed by atoms with van der Waals surface area (Å²) < 4.78 is 0. The highest BCUT2D eigenvalue weighted by molar-refractivity contribution is 6.02. The number of Topliss-reactive ketones (excluding diaryl/α,β-unsaturated/α-hetero) is 1. The van der Waals surface area contributed by atoms with Crippen molar-refractivity contribution in [3.05, 3.63) is 22.5 Å². The summed E-state index contributed by atoms with van der Waals surface area (Å²) in [4.78, 5) is 28.3. The van der Waals surface area contributed by atoms with Crippen molar-refractivity contribution in [1.82, 2.24) is 9.88 Å². The average molecular weight is 245 g/mol. The molecule has 1 amide bonds. The first-order valence-corrected chi connectivity index (χ1v) is 5.84. The molecule has 2 heterocycles. The minimum atomic E-state index is -0.0970. The predicted molar refractivity (Wildman–Crippen MR) is 65.3 cm³/mol. The van der Waals surface area contributed by atoms with Crippen LogP contribution in [0.2, 0.25) is 0 Å². The molecule has 1 saturated heterocycles. The van der Waals surface area contributed by atoms with Crippen molar-refractivity contribution in [1.29, 1.82) is 5.26 Å². The van der Waals surface area contributed by atoms with E-state index in [2.05, 4.69) is 11.1 Å². The lowest BCUT2D eigenvalue weighted by Gasteiger charge is -2.35. The van der Waals surface area contributed by atoms with E-state index < -0.39 is 0 Å². The monoisotopic (exact) mass is 245 g/mol. The van der Waals surface area contributed by atoms with Gasteiger partial charge in [0, 0.05) is 25.7 Å². The first-order chi connectivity index (χ1) is 8.45. The average Bonchev–Trinajstić information content (AvgIpc) is 2.52. The number of rotatable bonds is 2. The third-order valence-corrected chi connectivity index (χ3v) is 3.35. The van der Waals surface area contributed by atoms with Crippen LogP contribution in [0.1, 0.15) is 39.0 Å². The fourth-order valence-corrected chi connectivity index (χ4v) is 2.31. The molecule has 1 aliphatic heterocycles. The number of aromatic nitrogens is 1. The minimum absolute atomic E-state index is 0.0548. The molecular formula is C13H15N3O2. The van der Waals surface area contributed by atoms with E-state index in [0.29, 0.717) is 35.6 Å². The molecule has 0 aliphatic carbocycles. The van der Waals surface area contributed by atoms with Crippen LogP contribution >= 0.6 is 0 Å². The zero-order valence-electron chi connectivity index (χ0n) is 10.7. The number of carbonyl (C=O) groups is 2. The number of aromatic amines is 1. The number of aryl methyl sites for hydroxylation is 1. The Morgan fingerprint density at radius 1 is 1.39 bits per heavy atom. The Labute approximate surface area is 105 Å². The second-order valence-electron chi connectivity index (χ2n) is 4.72. The fraction of sp³-hybridized carbons (Fsp3) is 0.462. The number of ketones is 1. The van der Waals surface area contributed by atoms with Gasteiger partial charge in [-0.3, -0.25) is 9.59 Å². The summed E-state index contributed by atoms with van der Waals surface area (Å²) in [6, 6.07) is 2.13. The summed E-state index contributed by atoms with van der Waals surface area (Å²) >= 11 is 0. The molecule has 1 aromatic heterocycles. The lowest BCUT2D eigenvalue weighted by molar-refractivity contribution is 0.0576. The zero-order chi connectivity index (χ0) is 13.4. The molecule has 1 fully saturated rings. The molecule has 0 bridgehead atoms. The Morgan fingerprint density at radius 2 is 2.00 bits per heavy atom. The highest BCUT2D eigenvalue weighted by atomic mass is 16.2. The third kappa shape index (κ3) is 1.80. The van der Waals surface area contributed by atoms with Crippen LogP contribution in [-0.4, -0.2) is 34.7 Å². The maximum absolute atomic E-state index is 12.3. The molecule has 5 heteroatoms. The Morgan fingerprint density at radius 3 is 2.44 bits per heavy atom. The van der Waals surface area contributed by atoms with Gasteiger partial charge >= 0.3 is 0 Å². The van der Waals surface area contributed by atoms with Crippen molar-refractivity contribution < 1.29 is 9.59 Å². The lowest BCUT2D eigenvalue weighted by Crippen LogP contribution is -2.49. The van der Waals surface area contributed by atoms with Crippen molar-refractivity contribution in [2.75, 3.05) is 13.1 Å². The summed E-state index contributed by atoms with van der Waals surface area (Å²) in [5.74, 6) is -0.228. The van der Waals surface area contributed by atoms with E-state index in [1.165, 1.54) is 6.92 Å². The fourth-order valence-electron chi connectivity index (χ4n) is 2.31. The van der Waals surface area contributed by atoms with Crippen LogP contribution < -0.4 is 0 Å². The van der Waals surface area contributed by atoms with Crippen LogP contribution in [0.4, 0.5) is 0 Å². The molecule has 0 unspecified atom stereocenters. The molecule has 0 saturated carbocycles. The number of H-pyrrole nitrogens is 1. The first kappa shape index (κ1) is 12.4. The number of nitrogens with one attached hydrogen (secondary N) is 1. The lowest BCUT2D eigenvalue weighted by atomic mass is 9.99. The predicted octanol–water partition coefficient (Wildman–Crippen LogP) is 1.43. The van der Waals surface area contributed by atoms with E-state index in [-0.39, 0.29) is 17.6 Å². The number of amides is 1. The smallest absolute Gasteiger partial charge is 0.256 e. The van der Waals surface area contributed by atoms with Gasteiger partial charge in [0.15, 0.2) is 5.78 Å². The molecule has 0 atom stereocenters. The number of likely N-dealkylation sites (tertiary alicyclic amines) is 1. The summed E-state index contributed by atoms with van der Waals surface area (Å²) in [5, 5.41) is 8.70. The number of hydrogen-bond donors (Lipinski definition) is 1. The molecule has 0 spiro atoms. The van der Waals surface area contributed by atoms with Crippen LogP contribution in [-0.2, 0) is 0 Å². The Balaban J connectivity index is 2.27. The summed E-state index contributed by atoms with van der Waals surface area (Å²) in [7, 11) is 0. The Hall–Kier alpha value is -2.09. The number of nitriles is 1. The molecule has 2 rings (SSSR count). The summed E-state index contributed by atoms with van der Waals surface area (Å²) in [6.07, 6.45) is 0. The van der Waals surface area contributed by atoms with Crippen LogP contribution in [0.25, 0.3) is 0 Å².